The van der Waals surface area contributed by atoms with Crippen molar-refractivity contribution in [3.8, 4) is 11.5 Å². The molecule has 1 aromatic rings. The van der Waals surface area contributed by atoms with Crippen LogP contribution in [0.25, 0.3) is 6.08 Å². The van der Waals surface area contributed by atoms with Crippen LogP contribution in [-0.2, 0) is 4.79 Å². The lowest BCUT2D eigenvalue weighted by Crippen LogP contribution is -2.30. The number of hydrogen-bond acceptors (Lipinski definition) is 5. The van der Waals surface area contributed by atoms with Crippen molar-refractivity contribution in [2.75, 3.05) is 19.9 Å². The van der Waals surface area contributed by atoms with Gasteiger partial charge in [-0.15, -0.1) is 0 Å². The van der Waals surface area contributed by atoms with Crippen LogP contribution in [-0.4, -0.2) is 35.9 Å². The summed E-state index contributed by atoms with van der Waals surface area (Å²) in [6.45, 7) is 6.03. The standard InChI is InChI=1S/C19H24N2O3S/c1-3-5-9-20-19-21(10-6-4-2)18(22)17(25-19)12-14-7-8-15-16(11-14)24-13-23-15/h7-8,11-12H,3-6,9-10,13H2,1-2H3. The van der Waals surface area contributed by atoms with Gasteiger partial charge in [0.1, 0.15) is 0 Å². The van der Waals surface area contributed by atoms with Crippen LogP contribution in [0, 0.1) is 0 Å². The molecule has 0 saturated carbocycles. The van der Waals surface area contributed by atoms with E-state index in [4.69, 9.17) is 9.47 Å². The molecule has 1 amide bonds. The first-order valence-corrected chi connectivity index (χ1v) is 9.70. The molecule has 2 aliphatic rings. The van der Waals surface area contributed by atoms with Gasteiger partial charge in [-0.2, -0.15) is 0 Å². The molecule has 2 heterocycles. The van der Waals surface area contributed by atoms with Gasteiger partial charge in [-0.3, -0.25) is 14.7 Å². The van der Waals surface area contributed by atoms with E-state index in [-0.39, 0.29) is 12.7 Å². The molecule has 134 valence electrons. The fourth-order valence-electron chi connectivity index (χ4n) is 2.63. The molecule has 6 heteroatoms. The van der Waals surface area contributed by atoms with Crippen molar-refractivity contribution in [1.82, 2.24) is 4.90 Å². The van der Waals surface area contributed by atoms with Crippen molar-refractivity contribution < 1.29 is 14.3 Å². The molecule has 1 saturated heterocycles. The summed E-state index contributed by atoms with van der Waals surface area (Å²) >= 11 is 1.47. The van der Waals surface area contributed by atoms with Crippen LogP contribution in [0.5, 0.6) is 11.5 Å². The topological polar surface area (TPSA) is 51.1 Å². The Hall–Kier alpha value is -1.95. The van der Waals surface area contributed by atoms with Crippen molar-refractivity contribution in [2.45, 2.75) is 39.5 Å². The van der Waals surface area contributed by atoms with E-state index in [1.54, 1.807) is 0 Å². The molecular weight excluding hydrogens is 336 g/mol. The summed E-state index contributed by atoms with van der Waals surface area (Å²) in [5.41, 5.74) is 0.936. The van der Waals surface area contributed by atoms with Gasteiger partial charge in [0.05, 0.1) is 4.91 Å². The largest absolute Gasteiger partial charge is 0.454 e. The second-order valence-electron chi connectivity index (χ2n) is 6.05. The van der Waals surface area contributed by atoms with E-state index in [0.29, 0.717) is 4.91 Å². The van der Waals surface area contributed by atoms with Crippen LogP contribution in [0.3, 0.4) is 0 Å². The summed E-state index contributed by atoms with van der Waals surface area (Å²) in [6, 6.07) is 5.73. The van der Waals surface area contributed by atoms with Crippen molar-refractivity contribution in [3.63, 3.8) is 0 Å². The number of nitrogens with zero attached hydrogens (tertiary/aromatic N) is 2. The predicted octanol–water partition coefficient (Wildman–Crippen LogP) is 4.29. The number of unbranched alkanes of at least 4 members (excludes halogenated alkanes) is 2. The van der Waals surface area contributed by atoms with Crippen molar-refractivity contribution in [1.29, 1.82) is 0 Å². The normalized spacial score (nSPS) is 19.4. The first-order valence-electron chi connectivity index (χ1n) is 8.88. The minimum atomic E-state index is 0.0476. The number of fused-ring (bicyclic) bond motifs is 1. The van der Waals surface area contributed by atoms with Gasteiger partial charge in [0.25, 0.3) is 5.91 Å². The zero-order valence-corrected chi connectivity index (χ0v) is 15.6. The van der Waals surface area contributed by atoms with Crippen LogP contribution < -0.4 is 9.47 Å². The van der Waals surface area contributed by atoms with Gasteiger partial charge in [0.15, 0.2) is 16.7 Å². The highest BCUT2D eigenvalue weighted by molar-refractivity contribution is 8.18. The molecule has 0 N–H and O–H groups in total. The first-order chi connectivity index (χ1) is 12.2. The summed E-state index contributed by atoms with van der Waals surface area (Å²) in [5.74, 6) is 1.52. The highest BCUT2D eigenvalue weighted by Gasteiger charge is 2.32. The van der Waals surface area contributed by atoms with E-state index in [1.165, 1.54) is 11.8 Å². The number of carbonyl (C=O) groups excluding carboxylic acids is 1. The number of amidine groups is 1. The minimum absolute atomic E-state index is 0.0476. The monoisotopic (exact) mass is 360 g/mol. The van der Waals surface area contributed by atoms with Crippen LogP contribution in [0.1, 0.15) is 45.1 Å². The maximum absolute atomic E-state index is 12.8. The van der Waals surface area contributed by atoms with E-state index in [1.807, 2.05) is 29.2 Å². The molecule has 1 fully saturated rings. The Morgan fingerprint density at radius 2 is 2.00 bits per heavy atom. The van der Waals surface area contributed by atoms with Crippen molar-refractivity contribution in [3.05, 3.63) is 28.7 Å². The van der Waals surface area contributed by atoms with Crippen molar-refractivity contribution >= 4 is 28.9 Å². The zero-order valence-electron chi connectivity index (χ0n) is 14.8. The molecule has 0 radical (unpaired) electrons. The summed E-state index contributed by atoms with van der Waals surface area (Å²) in [5, 5.41) is 0.832. The molecule has 0 bridgehead atoms. The number of thioether (sulfide) groups is 1. The molecule has 1 aromatic carbocycles. The number of benzene rings is 1. The molecule has 0 aliphatic carbocycles. The lowest BCUT2D eigenvalue weighted by Gasteiger charge is -2.14. The number of hydrogen-bond donors (Lipinski definition) is 0. The smallest absolute Gasteiger partial charge is 0.266 e. The van der Waals surface area contributed by atoms with Crippen molar-refractivity contribution in [2.24, 2.45) is 4.99 Å². The van der Waals surface area contributed by atoms with Gasteiger partial charge in [-0.1, -0.05) is 32.8 Å². The SMILES string of the molecule is CCCCN=C1SC(=Cc2ccc3c(c2)OCO3)C(=O)N1CCCC. The van der Waals surface area contributed by atoms with Crippen LogP contribution in [0.4, 0.5) is 0 Å². The molecule has 0 aromatic heterocycles. The Balaban J connectivity index is 1.81. The summed E-state index contributed by atoms with van der Waals surface area (Å²) in [4.78, 5) is 20.0. The quantitative estimate of drug-likeness (QED) is 0.538. The van der Waals surface area contributed by atoms with E-state index >= 15 is 0 Å². The van der Waals surface area contributed by atoms with Gasteiger partial charge in [0, 0.05) is 13.1 Å². The Morgan fingerprint density at radius 1 is 1.20 bits per heavy atom. The summed E-state index contributed by atoms with van der Waals surface area (Å²) < 4.78 is 10.7. The maximum atomic E-state index is 12.8. The molecule has 3 rings (SSSR count). The van der Waals surface area contributed by atoms with E-state index in [2.05, 4.69) is 18.8 Å². The number of aliphatic imine (C=N–C) groups is 1. The fraction of sp³-hybridized carbons (Fsp3) is 0.474. The number of carbonyl (C=O) groups is 1. The second-order valence-corrected chi connectivity index (χ2v) is 7.06. The fourth-order valence-corrected chi connectivity index (χ4v) is 3.66. The third-order valence-corrected chi connectivity index (χ3v) is 5.12. The third kappa shape index (κ3) is 4.18. The summed E-state index contributed by atoms with van der Waals surface area (Å²) in [7, 11) is 0. The lowest BCUT2D eigenvalue weighted by atomic mass is 10.2. The van der Waals surface area contributed by atoms with Gasteiger partial charge in [-0.05, 0) is 48.4 Å². The number of rotatable bonds is 7. The highest BCUT2D eigenvalue weighted by Crippen LogP contribution is 2.36. The average Bonchev–Trinajstić information content (AvgIpc) is 3.19. The van der Waals surface area contributed by atoms with E-state index < -0.39 is 0 Å². The van der Waals surface area contributed by atoms with Gasteiger partial charge < -0.3 is 9.47 Å². The van der Waals surface area contributed by atoms with E-state index in [0.717, 1.165) is 61.0 Å². The van der Waals surface area contributed by atoms with Gasteiger partial charge in [-0.25, -0.2) is 0 Å². The summed E-state index contributed by atoms with van der Waals surface area (Å²) in [6.07, 6.45) is 6.09. The zero-order chi connectivity index (χ0) is 17.6. The second kappa shape index (κ2) is 8.43. The van der Waals surface area contributed by atoms with Crippen LogP contribution in [0.2, 0.25) is 0 Å². The minimum Gasteiger partial charge on any atom is -0.454 e. The Labute approximate surface area is 153 Å². The Kier molecular flexibility index (Phi) is 6.02. The maximum Gasteiger partial charge on any atom is 0.266 e. The van der Waals surface area contributed by atoms with Crippen LogP contribution >= 0.6 is 11.8 Å². The number of amides is 1. The molecule has 0 spiro atoms. The van der Waals surface area contributed by atoms with Crippen LogP contribution in [0.15, 0.2) is 28.1 Å². The Morgan fingerprint density at radius 3 is 2.80 bits per heavy atom. The molecule has 2 aliphatic heterocycles. The average molecular weight is 360 g/mol. The lowest BCUT2D eigenvalue weighted by molar-refractivity contribution is -0.122. The predicted molar refractivity (Wildman–Crippen MR) is 102 cm³/mol. The highest BCUT2D eigenvalue weighted by atomic mass is 32.2. The first kappa shape index (κ1) is 17.9. The Bertz CT molecular complexity index is 700. The van der Waals surface area contributed by atoms with E-state index in [9.17, 15) is 4.79 Å². The molecule has 25 heavy (non-hydrogen) atoms. The van der Waals surface area contributed by atoms with Gasteiger partial charge in [0.2, 0.25) is 6.79 Å². The molecular formula is C19H24N2O3S. The van der Waals surface area contributed by atoms with Gasteiger partial charge >= 0.3 is 0 Å². The molecule has 5 nitrogen and oxygen atoms in total. The molecule has 0 unspecified atom stereocenters. The molecule has 0 atom stereocenters. The third-order valence-electron chi connectivity index (χ3n) is 4.08. The number of ether oxygens (including phenoxy) is 2.